The number of unbranched alkanes of at least 4 members (excludes halogenated alkanes) is 1. The quantitative estimate of drug-likeness (QED) is 0.0344. The van der Waals surface area contributed by atoms with Crippen molar-refractivity contribution >= 4 is 59.3 Å². The summed E-state index contributed by atoms with van der Waals surface area (Å²) in [5.41, 5.74) is 17.0. The molecule has 0 aliphatic carbocycles. The fourth-order valence-electron chi connectivity index (χ4n) is 5.66. The number of aliphatic carboxylic acids is 3. The largest absolute Gasteiger partial charge is 0.508 e. The Morgan fingerprint density at radius 1 is 0.607 bits per heavy atom. The van der Waals surface area contributed by atoms with E-state index in [0.29, 0.717) is 18.4 Å². The predicted octanol–water partition coefficient (Wildman–Crippen LogP) is -2.94. The van der Waals surface area contributed by atoms with E-state index in [9.17, 15) is 63.3 Å². The maximum absolute atomic E-state index is 13.7. The average molecular weight is 866 g/mol. The Morgan fingerprint density at radius 3 is 1.64 bits per heavy atom. The van der Waals surface area contributed by atoms with Crippen LogP contribution in [0.2, 0.25) is 0 Å². The van der Waals surface area contributed by atoms with Gasteiger partial charge in [-0.1, -0.05) is 26.0 Å². The lowest BCUT2D eigenvalue weighted by Gasteiger charge is -2.26. The molecule has 0 heterocycles. The highest BCUT2D eigenvalue weighted by molar-refractivity contribution is 5.96. The number of nitrogens with one attached hydrogen (secondary N) is 6. The van der Waals surface area contributed by atoms with Gasteiger partial charge in [0.25, 0.3) is 0 Å². The van der Waals surface area contributed by atoms with Crippen molar-refractivity contribution in [3.8, 4) is 5.75 Å². The maximum Gasteiger partial charge on any atom is 0.326 e. The van der Waals surface area contributed by atoms with Gasteiger partial charge in [-0.2, -0.15) is 0 Å². The molecule has 1 aromatic rings. The van der Waals surface area contributed by atoms with Crippen LogP contribution in [0.3, 0.4) is 0 Å². The van der Waals surface area contributed by atoms with Gasteiger partial charge in [0, 0.05) is 25.7 Å². The molecule has 1 aromatic carbocycles. The van der Waals surface area contributed by atoms with Gasteiger partial charge in [-0.25, -0.2) is 4.79 Å². The number of primary amides is 1. The standard InChI is InChI=1S/C38H59N9O14/c1-20(2)17-27(46-36(58)25(11-14-31(51)52)44-33(55)23(40)10-13-29(41)49)34(56)42-19-30(50)43-24(5-3-4-16-39)35(57)47-28(18-21-6-8-22(48)9-7-21)37(59)45-26(38(60)61)12-15-32(53)54/h6-9,20,23-28,48H,3-5,10-19,39-40H2,1-2H3,(H2,41,49)(H,42,56)(H,43,50)(H,44,55)(H,45,59)(H,46,58)(H,47,57)(H,51,52)(H,53,54)(H,60,61)/t23-,24-,25-,26-,27-,28-/m0/s1. The summed E-state index contributed by atoms with van der Waals surface area (Å²) < 4.78 is 0. The molecule has 16 N–H and O–H groups in total. The topological polar surface area (TPSA) is 402 Å². The second kappa shape index (κ2) is 27.4. The molecular formula is C38H59N9O14. The van der Waals surface area contributed by atoms with Crippen molar-refractivity contribution in [3.63, 3.8) is 0 Å². The van der Waals surface area contributed by atoms with Gasteiger partial charge in [0.05, 0.1) is 12.6 Å². The molecule has 0 unspecified atom stereocenters. The zero-order valence-electron chi connectivity index (χ0n) is 34.1. The SMILES string of the molecule is CC(C)C[C@H](NC(=O)[C@H](CCC(=O)O)NC(=O)[C@@H](N)CCC(N)=O)C(=O)NCC(=O)N[C@@H](CCCCN)C(=O)N[C@@H](Cc1ccc(O)cc1)C(=O)N[C@@H](CCC(=O)O)C(=O)O. The first-order valence-corrected chi connectivity index (χ1v) is 19.6. The highest BCUT2D eigenvalue weighted by Crippen LogP contribution is 2.13. The van der Waals surface area contributed by atoms with E-state index in [1.54, 1.807) is 13.8 Å². The Bertz CT molecular complexity index is 1690. The molecule has 0 saturated carbocycles. The average Bonchev–Trinajstić information content (AvgIpc) is 3.18. The van der Waals surface area contributed by atoms with Crippen molar-refractivity contribution in [2.75, 3.05) is 13.1 Å². The number of carboxylic acid groups (broad SMARTS) is 3. The lowest BCUT2D eigenvalue weighted by atomic mass is 10.0. The summed E-state index contributed by atoms with van der Waals surface area (Å²) in [6.07, 6.45) is -1.77. The van der Waals surface area contributed by atoms with E-state index in [0.717, 1.165) is 0 Å². The monoisotopic (exact) mass is 865 g/mol. The lowest BCUT2D eigenvalue weighted by molar-refractivity contribution is -0.143. The summed E-state index contributed by atoms with van der Waals surface area (Å²) in [5, 5.41) is 52.0. The van der Waals surface area contributed by atoms with Crippen molar-refractivity contribution in [1.29, 1.82) is 0 Å². The van der Waals surface area contributed by atoms with E-state index in [4.69, 9.17) is 22.3 Å². The van der Waals surface area contributed by atoms with Crippen molar-refractivity contribution in [2.45, 2.75) is 121 Å². The first-order valence-electron chi connectivity index (χ1n) is 19.6. The predicted molar refractivity (Wildman–Crippen MR) is 215 cm³/mol. The molecule has 0 aliphatic heterocycles. The number of aromatic hydroxyl groups is 1. The molecule has 0 aliphatic rings. The van der Waals surface area contributed by atoms with Crippen molar-refractivity contribution in [1.82, 2.24) is 31.9 Å². The van der Waals surface area contributed by atoms with Gasteiger partial charge in [-0.05, 0) is 75.1 Å². The Hall–Kier alpha value is -6.36. The summed E-state index contributed by atoms with van der Waals surface area (Å²) in [7, 11) is 0. The number of rotatable bonds is 30. The summed E-state index contributed by atoms with van der Waals surface area (Å²) in [5.74, 6) is -10.5. The second-order valence-corrected chi connectivity index (χ2v) is 14.7. The number of nitrogens with two attached hydrogens (primary N) is 3. The number of carboxylic acids is 3. The molecule has 0 radical (unpaired) electrons. The van der Waals surface area contributed by atoms with Crippen molar-refractivity contribution in [2.24, 2.45) is 23.1 Å². The first-order chi connectivity index (χ1) is 28.6. The lowest BCUT2D eigenvalue weighted by Crippen LogP contribution is -2.58. The number of carbonyl (C=O) groups is 10. The third kappa shape index (κ3) is 22.0. The Morgan fingerprint density at radius 2 is 1.11 bits per heavy atom. The number of phenols is 1. The second-order valence-electron chi connectivity index (χ2n) is 14.7. The molecule has 1 rings (SSSR count). The number of hydrogen-bond donors (Lipinski definition) is 13. The molecule has 7 amide bonds. The van der Waals surface area contributed by atoms with Gasteiger partial charge in [0.1, 0.15) is 36.0 Å². The molecule has 61 heavy (non-hydrogen) atoms. The highest BCUT2D eigenvalue weighted by atomic mass is 16.4. The van der Waals surface area contributed by atoms with E-state index in [-0.39, 0.29) is 56.7 Å². The van der Waals surface area contributed by atoms with Crippen LogP contribution in [0, 0.1) is 5.92 Å². The minimum atomic E-state index is -1.62. The summed E-state index contributed by atoms with van der Waals surface area (Å²) in [4.78, 5) is 125. The number of phenolic OH excluding ortho intramolecular Hbond substituents is 1. The summed E-state index contributed by atoms with van der Waals surface area (Å²) in [6.45, 7) is 3.00. The normalized spacial score (nSPS) is 13.9. The Balaban J connectivity index is 3.20. The molecule has 0 bridgehead atoms. The van der Waals surface area contributed by atoms with Crippen LogP contribution in [0.15, 0.2) is 24.3 Å². The van der Waals surface area contributed by atoms with E-state index in [1.807, 2.05) is 0 Å². The van der Waals surface area contributed by atoms with Crippen LogP contribution >= 0.6 is 0 Å². The van der Waals surface area contributed by atoms with Gasteiger partial charge < -0.3 is 69.5 Å². The molecule has 340 valence electrons. The molecular weight excluding hydrogens is 806 g/mol. The first kappa shape index (κ1) is 52.7. The van der Waals surface area contributed by atoms with Crippen molar-refractivity contribution in [3.05, 3.63) is 29.8 Å². The summed E-state index contributed by atoms with van der Waals surface area (Å²) >= 11 is 0. The van der Waals surface area contributed by atoms with E-state index in [1.165, 1.54) is 24.3 Å². The fourth-order valence-corrected chi connectivity index (χ4v) is 5.66. The zero-order valence-corrected chi connectivity index (χ0v) is 34.1. The van der Waals surface area contributed by atoms with E-state index < -0.39 is 121 Å². The third-order valence-corrected chi connectivity index (χ3v) is 8.95. The number of amides is 7. The molecule has 0 saturated heterocycles. The Labute approximate surface area is 351 Å². The molecule has 0 spiro atoms. The molecule has 0 aromatic heterocycles. The minimum Gasteiger partial charge on any atom is -0.508 e. The van der Waals surface area contributed by atoms with E-state index >= 15 is 0 Å². The fraction of sp³-hybridized carbons (Fsp3) is 0.579. The minimum absolute atomic E-state index is 0.00824. The zero-order chi connectivity index (χ0) is 46.2. The molecule has 23 nitrogen and oxygen atoms in total. The highest BCUT2D eigenvalue weighted by Gasteiger charge is 2.32. The van der Waals surface area contributed by atoms with Crippen molar-refractivity contribution < 1.29 is 68.4 Å². The number of hydrogen-bond acceptors (Lipinski definition) is 13. The third-order valence-electron chi connectivity index (χ3n) is 8.95. The van der Waals surface area contributed by atoms with Gasteiger partial charge in [0.2, 0.25) is 41.4 Å². The molecule has 6 atom stereocenters. The van der Waals surface area contributed by atoms with Crippen LogP contribution in [-0.2, 0) is 54.4 Å². The van der Waals surface area contributed by atoms with Crippen LogP contribution in [-0.4, -0.2) is 129 Å². The van der Waals surface area contributed by atoms with Crippen LogP contribution in [0.1, 0.15) is 83.6 Å². The molecule has 0 fully saturated rings. The van der Waals surface area contributed by atoms with Crippen LogP contribution in [0.4, 0.5) is 0 Å². The summed E-state index contributed by atoms with van der Waals surface area (Å²) in [6, 6.07) is -2.84. The van der Waals surface area contributed by atoms with Gasteiger partial charge in [0.15, 0.2) is 0 Å². The smallest absolute Gasteiger partial charge is 0.326 e. The molecule has 23 heteroatoms. The van der Waals surface area contributed by atoms with Crippen LogP contribution < -0.4 is 49.1 Å². The maximum atomic E-state index is 13.7. The number of carbonyl (C=O) groups excluding carboxylic acids is 7. The van der Waals surface area contributed by atoms with Gasteiger partial charge in [-0.15, -0.1) is 0 Å². The number of benzene rings is 1. The van der Waals surface area contributed by atoms with Gasteiger partial charge >= 0.3 is 17.9 Å². The van der Waals surface area contributed by atoms with Gasteiger partial charge in [-0.3, -0.25) is 43.2 Å². The Kier molecular flexibility index (Phi) is 23.7. The van der Waals surface area contributed by atoms with Crippen LogP contribution in [0.25, 0.3) is 0 Å². The van der Waals surface area contributed by atoms with Crippen LogP contribution in [0.5, 0.6) is 5.75 Å². The van der Waals surface area contributed by atoms with E-state index in [2.05, 4.69) is 31.9 Å².